The summed E-state index contributed by atoms with van der Waals surface area (Å²) in [5, 5.41) is 12.9. The molecule has 6 nitrogen and oxygen atoms in total. The van der Waals surface area contributed by atoms with Crippen LogP contribution in [0.2, 0.25) is 0 Å². The molecule has 0 radical (unpaired) electrons. The Balaban J connectivity index is 1.90. The van der Waals surface area contributed by atoms with Crippen LogP contribution in [0.15, 0.2) is 77.6 Å². The number of nitrogens with one attached hydrogen (secondary N) is 1. The first-order valence-electron chi connectivity index (χ1n) is 11.5. The highest BCUT2D eigenvalue weighted by molar-refractivity contribution is 7.07. The van der Waals surface area contributed by atoms with E-state index >= 15 is 0 Å². The van der Waals surface area contributed by atoms with E-state index in [1.54, 1.807) is 30.3 Å². The maximum Gasteiger partial charge on any atom is 0.273 e. The highest BCUT2D eigenvalue weighted by Crippen LogP contribution is 2.17. The molecule has 3 aromatic carbocycles. The summed E-state index contributed by atoms with van der Waals surface area (Å²) in [5.41, 5.74) is 3.44. The molecule has 1 heterocycles. The molecule has 36 heavy (non-hydrogen) atoms. The van der Waals surface area contributed by atoms with E-state index in [4.69, 9.17) is 4.74 Å². The van der Waals surface area contributed by atoms with E-state index in [0.717, 1.165) is 33.8 Å². The van der Waals surface area contributed by atoms with Crippen LogP contribution < -0.4 is 24.8 Å². The summed E-state index contributed by atoms with van der Waals surface area (Å²) in [4.78, 5) is 26.8. The number of aryl methyl sites for hydroxylation is 2. The van der Waals surface area contributed by atoms with Gasteiger partial charge in [0.25, 0.3) is 11.5 Å². The van der Waals surface area contributed by atoms with Crippen molar-refractivity contribution in [3.63, 3.8) is 0 Å². The summed E-state index contributed by atoms with van der Waals surface area (Å²) >= 11 is 1.11. The van der Waals surface area contributed by atoms with Gasteiger partial charge < -0.3 is 10.1 Å². The fraction of sp³-hybridized carbons (Fsp3) is 0.138. The minimum atomic E-state index is -0.565. The van der Waals surface area contributed by atoms with Gasteiger partial charge in [-0.25, -0.2) is 0 Å². The average molecular weight is 496 g/mol. The zero-order chi connectivity index (χ0) is 25.7. The van der Waals surface area contributed by atoms with Crippen molar-refractivity contribution in [2.75, 3.05) is 11.9 Å². The lowest BCUT2D eigenvalue weighted by Crippen LogP contribution is -2.32. The second kappa shape index (κ2) is 10.9. The molecule has 4 rings (SSSR count). The Morgan fingerprint density at radius 3 is 2.47 bits per heavy atom. The SMILES string of the molecule is CCOc1ccc(C=c2sc(=C(C#N)C(=O)Nc3cc(C)ccc3C)n(-c3ccccc3)c2=O)cc1. The first kappa shape index (κ1) is 24.7. The predicted octanol–water partition coefficient (Wildman–Crippen LogP) is 4.06. The van der Waals surface area contributed by atoms with Crippen LogP contribution in [-0.4, -0.2) is 17.1 Å². The number of ether oxygens (including phenoxy) is 1. The van der Waals surface area contributed by atoms with Gasteiger partial charge in [0.15, 0.2) is 5.57 Å². The molecule has 1 N–H and O–H groups in total. The van der Waals surface area contributed by atoms with Gasteiger partial charge in [-0.05, 0) is 73.9 Å². The van der Waals surface area contributed by atoms with Gasteiger partial charge in [-0.2, -0.15) is 5.26 Å². The smallest absolute Gasteiger partial charge is 0.273 e. The molecule has 0 spiro atoms. The minimum absolute atomic E-state index is 0.131. The topological polar surface area (TPSA) is 84.1 Å². The number of benzene rings is 3. The van der Waals surface area contributed by atoms with Crippen molar-refractivity contribution in [3.8, 4) is 17.5 Å². The van der Waals surface area contributed by atoms with Crippen LogP contribution in [0.1, 0.15) is 23.6 Å². The summed E-state index contributed by atoms with van der Waals surface area (Å²) < 4.78 is 7.59. The van der Waals surface area contributed by atoms with Crippen molar-refractivity contribution >= 4 is 34.6 Å². The largest absolute Gasteiger partial charge is 0.494 e. The number of rotatable bonds is 6. The second-order valence-electron chi connectivity index (χ2n) is 8.15. The maximum absolute atomic E-state index is 13.5. The number of nitrogens with zero attached hydrogens (tertiary/aromatic N) is 2. The van der Waals surface area contributed by atoms with Gasteiger partial charge in [-0.15, -0.1) is 11.3 Å². The zero-order valence-corrected chi connectivity index (χ0v) is 21.1. The number of thiazole rings is 1. The lowest BCUT2D eigenvalue weighted by Gasteiger charge is -2.09. The van der Waals surface area contributed by atoms with E-state index in [0.29, 0.717) is 22.5 Å². The summed E-state index contributed by atoms with van der Waals surface area (Å²) in [6.07, 6.45) is 1.75. The molecule has 1 amide bonds. The van der Waals surface area contributed by atoms with E-state index < -0.39 is 5.91 Å². The number of amides is 1. The van der Waals surface area contributed by atoms with Gasteiger partial charge in [0.05, 0.1) is 16.8 Å². The molecule has 0 fully saturated rings. The van der Waals surface area contributed by atoms with Gasteiger partial charge in [-0.1, -0.05) is 42.5 Å². The molecule has 0 saturated carbocycles. The van der Waals surface area contributed by atoms with Crippen LogP contribution in [0.5, 0.6) is 5.75 Å². The third kappa shape index (κ3) is 5.29. The Morgan fingerprint density at radius 2 is 1.81 bits per heavy atom. The number of carbonyl (C=O) groups is 1. The van der Waals surface area contributed by atoms with Crippen LogP contribution >= 0.6 is 11.3 Å². The van der Waals surface area contributed by atoms with Crippen LogP contribution in [0, 0.1) is 25.2 Å². The molecule has 0 aliphatic carbocycles. The molecule has 1 aromatic heterocycles. The van der Waals surface area contributed by atoms with Gasteiger partial charge in [0.1, 0.15) is 16.5 Å². The molecular formula is C29H25N3O3S. The molecule has 180 valence electrons. The Morgan fingerprint density at radius 1 is 1.08 bits per heavy atom. The van der Waals surface area contributed by atoms with Gasteiger partial charge in [0.2, 0.25) is 0 Å². The van der Waals surface area contributed by atoms with E-state index in [1.807, 2.05) is 75.4 Å². The monoisotopic (exact) mass is 495 g/mol. The van der Waals surface area contributed by atoms with Crippen molar-refractivity contribution in [2.24, 2.45) is 0 Å². The number of nitriles is 1. The van der Waals surface area contributed by atoms with E-state index in [-0.39, 0.29) is 15.8 Å². The third-order valence-corrected chi connectivity index (χ3v) is 6.61. The van der Waals surface area contributed by atoms with E-state index in [9.17, 15) is 14.9 Å². The lowest BCUT2D eigenvalue weighted by atomic mass is 10.1. The first-order chi connectivity index (χ1) is 17.4. The molecule has 0 unspecified atom stereocenters. The van der Waals surface area contributed by atoms with Crippen LogP contribution in [0.3, 0.4) is 0 Å². The quantitative estimate of drug-likeness (QED) is 0.437. The zero-order valence-electron chi connectivity index (χ0n) is 20.2. The van der Waals surface area contributed by atoms with Crippen molar-refractivity contribution in [3.05, 3.63) is 109 Å². The number of para-hydroxylation sites is 1. The van der Waals surface area contributed by atoms with Crippen molar-refractivity contribution in [1.29, 1.82) is 5.26 Å². The van der Waals surface area contributed by atoms with Gasteiger partial charge in [-0.3, -0.25) is 14.2 Å². The number of hydrogen-bond donors (Lipinski definition) is 1. The average Bonchev–Trinajstić information content (AvgIpc) is 3.19. The van der Waals surface area contributed by atoms with Gasteiger partial charge in [0, 0.05) is 5.69 Å². The van der Waals surface area contributed by atoms with Crippen LogP contribution in [-0.2, 0) is 4.79 Å². The number of carbonyl (C=O) groups excluding carboxylic acids is 1. The van der Waals surface area contributed by atoms with E-state index in [1.165, 1.54) is 4.57 Å². The molecule has 0 atom stereocenters. The van der Waals surface area contributed by atoms with Crippen molar-refractivity contribution in [1.82, 2.24) is 4.57 Å². The lowest BCUT2D eigenvalue weighted by molar-refractivity contribution is -0.111. The van der Waals surface area contributed by atoms with Crippen LogP contribution in [0.4, 0.5) is 5.69 Å². The second-order valence-corrected chi connectivity index (χ2v) is 9.18. The number of anilines is 1. The third-order valence-electron chi connectivity index (χ3n) is 5.52. The first-order valence-corrected chi connectivity index (χ1v) is 12.3. The standard InChI is InChI=1S/C29H25N3O3S/c1-4-35-23-14-12-21(13-15-23)17-26-28(34)32(22-8-6-5-7-9-22)29(36-26)24(18-30)27(33)31-25-16-19(2)10-11-20(25)3/h5-17H,4H2,1-3H3,(H,31,33). The Bertz CT molecular complexity index is 1630. The molecule has 0 aliphatic rings. The summed E-state index contributed by atoms with van der Waals surface area (Å²) in [5.74, 6) is 0.177. The molecule has 4 aromatic rings. The van der Waals surface area contributed by atoms with Gasteiger partial charge >= 0.3 is 0 Å². The van der Waals surface area contributed by atoms with Crippen molar-refractivity contribution in [2.45, 2.75) is 20.8 Å². The predicted molar refractivity (Wildman–Crippen MR) is 144 cm³/mol. The molecule has 7 heteroatoms. The Kier molecular flexibility index (Phi) is 7.47. The molecule has 0 bridgehead atoms. The highest BCUT2D eigenvalue weighted by Gasteiger charge is 2.18. The summed E-state index contributed by atoms with van der Waals surface area (Å²) in [6, 6.07) is 24.1. The molecule has 0 saturated heterocycles. The maximum atomic E-state index is 13.5. The highest BCUT2D eigenvalue weighted by atomic mass is 32.1. The molecule has 0 aliphatic heterocycles. The number of hydrogen-bond acceptors (Lipinski definition) is 5. The number of aromatic nitrogens is 1. The Hall–Kier alpha value is -4.41. The van der Waals surface area contributed by atoms with Crippen molar-refractivity contribution < 1.29 is 9.53 Å². The summed E-state index contributed by atoms with van der Waals surface area (Å²) in [6.45, 7) is 6.30. The van der Waals surface area contributed by atoms with Crippen LogP contribution in [0.25, 0.3) is 17.3 Å². The summed E-state index contributed by atoms with van der Waals surface area (Å²) in [7, 11) is 0. The fourth-order valence-corrected chi connectivity index (χ4v) is 4.79. The normalized spacial score (nSPS) is 12.1. The fourth-order valence-electron chi connectivity index (χ4n) is 3.69. The molecular weight excluding hydrogens is 470 g/mol. The van der Waals surface area contributed by atoms with E-state index in [2.05, 4.69) is 5.32 Å². The minimum Gasteiger partial charge on any atom is -0.494 e. The Labute approximate surface area is 213 Å².